The Kier molecular flexibility index (Phi) is 5.23. The van der Waals surface area contributed by atoms with Gasteiger partial charge in [-0.15, -0.1) is 11.3 Å². The highest BCUT2D eigenvalue weighted by Crippen LogP contribution is 2.38. The number of benzene rings is 1. The van der Waals surface area contributed by atoms with Crippen LogP contribution in [0.15, 0.2) is 18.2 Å². The Hall–Kier alpha value is -2.58. The van der Waals surface area contributed by atoms with Crippen LogP contribution in [0.5, 0.6) is 11.5 Å². The van der Waals surface area contributed by atoms with Crippen LogP contribution in [0.25, 0.3) is 0 Å². The number of ether oxygens (including phenoxy) is 3. The van der Waals surface area contributed by atoms with Crippen molar-refractivity contribution in [3.05, 3.63) is 39.8 Å². The lowest BCUT2D eigenvalue weighted by atomic mass is 10.0. The summed E-state index contributed by atoms with van der Waals surface area (Å²) in [6, 6.07) is 5.03. The van der Waals surface area contributed by atoms with E-state index in [1.807, 2.05) is 0 Å². The van der Waals surface area contributed by atoms with Gasteiger partial charge in [-0.25, -0.2) is 4.79 Å². The second kappa shape index (κ2) is 7.81. The average molecular weight is 402 g/mol. The predicted octanol–water partition coefficient (Wildman–Crippen LogP) is 3.28. The maximum atomic E-state index is 12.8. The summed E-state index contributed by atoms with van der Waals surface area (Å²) in [5, 5.41) is 3.44. The number of amides is 1. The summed E-state index contributed by atoms with van der Waals surface area (Å²) < 4.78 is 15.6. The van der Waals surface area contributed by atoms with Gasteiger partial charge >= 0.3 is 5.97 Å². The van der Waals surface area contributed by atoms with Crippen molar-refractivity contribution in [1.29, 1.82) is 0 Å². The molecule has 1 aromatic heterocycles. The van der Waals surface area contributed by atoms with E-state index >= 15 is 0 Å². The molecule has 0 spiro atoms. The number of nitrogens with zero attached hydrogens (tertiary/aromatic N) is 1. The largest absolute Gasteiger partial charge is 0.465 e. The van der Waals surface area contributed by atoms with Crippen LogP contribution in [-0.2, 0) is 17.7 Å². The quantitative estimate of drug-likeness (QED) is 0.774. The summed E-state index contributed by atoms with van der Waals surface area (Å²) in [5.41, 5.74) is 1.91. The van der Waals surface area contributed by atoms with Crippen molar-refractivity contribution in [1.82, 2.24) is 4.90 Å². The monoisotopic (exact) mass is 402 g/mol. The van der Waals surface area contributed by atoms with Crippen LogP contribution >= 0.6 is 11.3 Å². The number of esters is 1. The predicted molar refractivity (Wildman–Crippen MR) is 105 cm³/mol. The zero-order valence-electron chi connectivity index (χ0n) is 15.9. The number of hydrogen-bond donors (Lipinski definition) is 1. The molecule has 0 fully saturated rings. The number of methoxy groups -OCH3 is 1. The topological polar surface area (TPSA) is 77.1 Å². The second-order valence-electron chi connectivity index (χ2n) is 6.75. The zero-order valence-corrected chi connectivity index (χ0v) is 16.7. The van der Waals surface area contributed by atoms with Gasteiger partial charge in [-0.3, -0.25) is 9.69 Å². The summed E-state index contributed by atoms with van der Waals surface area (Å²) in [6.07, 6.45) is 1.86. The molecule has 148 valence electrons. The van der Waals surface area contributed by atoms with E-state index in [4.69, 9.17) is 14.2 Å². The third-order valence-corrected chi connectivity index (χ3v) is 6.06. The number of carbonyl (C=O) groups excluding carboxylic acids is 2. The molecule has 0 saturated heterocycles. The van der Waals surface area contributed by atoms with Crippen LogP contribution in [0.3, 0.4) is 0 Å². The molecule has 7 nitrogen and oxygen atoms in total. The number of thiophene rings is 1. The minimum absolute atomic E-state index is 0.152. The molecule has 0 atom stereocenters. The van der Waals surface area contributed by atoms with Gasteiger partial charge in [0.2, 0.25) is 6.79 Å². The highest BCUT2D eigenvalue weighted by atomic mass is 32.1. The first-order valence-electron chi connectivity index (χ1n) is 9.27. The Morgan fingerprint density at radius 1 is 1.29 bits per heavy atom. The van der Waals surface area contributed by atoms with Gasteiger partial charge in [-0.05, 0) is 43.1 Å². The fraction of sp³-hybridized carbons (Fsp3) is 0.400. The van der Waals surface area contributed by atoms with E-state index < -0.39 is 5.97 Å². The lowest BCUT2D eigenvalue weighted by molar-refractivity contribution is 0.0600. The SMILES string of the molecule is CCCN1CCc2c(sc(NC(=O)c3ccc4c(c3)OCO4)c2C(=O)OC)C1. The van der Waals surface area contributed by atoms with Crippen LogP contribution in [0.4, 0.5) is 5.00 Å². The molecule has 0 aliphatic carbocycles. The van der Waals surface area contributed by atoms with E-state index in [1.54, 1.807) is 18.2 Å². The maximum absolute atomic E-state index is 12.8. The molecule has 8 heteroatoms. The van der Waals surface area contributed by atoms with Gasteiger partial charge in [0.25, 0.3) is 5.91 Å². The van der Waals surface area contributed by atoms with Crippen molar-refractivity contribution >= 4 is 28.2 Å². The van der Waals surface area contributed by atoms with Crippen molar-refractivity contribution in [2.75, 3.05) is 32.3 Å². The minimum atomic E-state index is -0.414. The highest BCUT2D eigenvalue weighted by Gasteiger charge is 2.29. The summed E-state index contributed by atoms with van der Waals surface area (Å²) >= 11 is 1.45. The Balaban J connectivity index is 1.62. The standard InChI is InChI=1S/C20H22N2O5S/c1-3-7-22-8-6-13-16(10-22)28-19(17(13)20(24)25-2)21-18(23)12-4-5-14-15(9-12)27-11-26-14/h4-5,9H,3,6-8,10-11H2,1-2H3,(H,21,23). The van der Waals surface area contributed by atoms with Crippen molar-refractivity contribution in [3.63, 3.8) is 0 Å². The fourth-order valence-electron chi connectivity index (χ4n) is 3.58. The van der Waals surface area contributed by atoms with Gasteiger partial charge < -0.3 is 19.5 Å². The molecule has 1 aromatic carbocycles. The molecule has 0 radical (unpaired) electrons. The molecule has 28 heavy (non-hydrogen) atoms. The normalized spacial score (nSPS) is 15.2. The molecule has 2 aromatic rings. The van der Waals surface area contributed by atoms with E-state index in [0.717, 1.165) is 42.9 Å². The van der Waals surface area contributed by atoms with Gasteiger partial charge in [0.15, 0.2) is 11.5 Å². The first-order valence-corrected chi connectivity index (χ1v) is 10.1. The number of anilines is 1. The van der Waals surface area contributed by atoms with Crippen molar-refractivity contribution in [2.45, 2.75) is 26.3 Å². The first-order chi connectivity index (χ1) is 13.6. The highest BCUT2D eigenvalue weighted by molar-refractivity contribution is 7.17. The number of rotatable bonds is 5. The van der Waals surface area contributed by atoms with Crippen molar-refractivity contribution in [3.8, 4) is 11.5 Å². The van der Waals surface area contributed by atoms with Crippen molar-refractivity contribution in [2.24, 2.45) is 0 Å². The van der Waals surface area contributed by atoms with Crippen LogP contribution in [0.2, 0.25) is 0 Å². The Labute approximate surface area is 167 Å². The molecule has 4 rings (SSSR count). The van der Waals surface area contributed by atoms with E-state index in [1.165, 1.54) is 18.4 Å². The number of carbonyl (C=O) groups is 2. The van der Waals surface area contributed by atoms with Crippen LogP contribution in [0.1, 0.15) is 44.5 Å². The number of hydrogen-bond acceptors (Lipinski definition) is 7. The molecule has 3 heterocycles. The van der Waals surface area contributed by atoms with Crippen LogP contribution < -0.4 is 14.8 Å². The molecule has 2 aliphatic rings. The average Bonchev–Trinajstić information content (AvgIpc) is 3.30. The van der Waals surface area contributed by atoms with E-state index in [0.29, 0.717) is 27.6 Å². The maximum Gasteiger partial charge on any atom is 0.341 e. The smallest absolute Gasteiger partial charge is 0.341 e. The molecule has 1 N–H and O–H groups in total. The lowest BCUT2D eigenvalue weighted by Gasteiger charge is -2.26. The number of nitrogens with one attached hydrogen (secondary N) is 1. The molecule has 0 saturated carbocycles. The summed E-state index contributed by atoms with van der Waals surface area (Å²) in [7, 11) is 1.36. The van der Waals surface area contributed by atoms with Gasteiger partial charge in [-0.1, -0.05) is 6.92 Å². The lowest BCUT2D eigenvalue weighted by Crippen LogP contribution is -2.30. The molecule has 1 amide bonds. The third-order valence-electron chi connectivity index (χ3n) is 4.93. The van der Waals surface area contributed by atoms with Gasteiger partial charge in [0.05, 0.1) is 12.7 Å². The van der Waals surface area contributed by atoms with Gasteiger partial charge in [0.1, 0.15) is 5.00 Å². The zero-order chi connectivity index (χ0) is 19.7. The van der Waals surface area contributed by atoms with Crippen molar-refractivity contribution < 1.29 is 23.8 Å². The second-order valence-corrected chi connectivity index (χ2v) is 7.85. The summed E-state index contributed by atoms with van der Waals surface area (Å²) in [6.45, 7) is 5.01. The van der Waals surface area contributed by atoms with Gasteiger partial charge in [-0.2, -0.15) is 0 Å². The van der Waals surface area contributed by atoms with E-state index in [-0.39, 0.29) is 12.7 Å². The molecule has 0 bridgehead atoms. The minimum Gasteiger partial charge on any atom is -0.465 e. The third kappa shape index (κ3) is 3.45. The fourth-order valence-corrected chi connectivity index (χ4v) is 4.86. The molecular weight excluding hydrogens is 380 g/mol. The Morgan fingerprint density at radius 3 is 2.89 bits per heavy atom. The van der Waals surface area contributed by atoms with E-state index in [2.05, 4.69) is 17.1 Å². The van der Waals surface area contributed by atoms with Crippen LogP contribution in [0, 0.1) is 0 Å². The van der Waals surface area contributed by atoms with Gasteiger partial charge in [0, 0.05) is 23.5 Å². The molecular formula is C20H22N2O5S. The Bertz CT molecular complexity index is 924. The molecule has 2 aliphatic heterocycles. The van der Waals surface area contributed by atoms with Crippen LogP contribution in [-0.4, -0.2) is 43.8 Å². The first kappa shape index (κ1) is 18.8. The summed E-state index contributed by atoms with van der Waals surface area (Å²) in [4.78, 5) is 28.7. The molecule has 0 unspecified atom stereocenters. The Morgan fingerprint density at radius 2 is 2.11 bits per heavy atom. The summed E-state index contributed by atoms with van der Waals surface area (Å²) in [5.74, 6) is 0.450. The van der Waals surface area contributed by atoms with E-state index in [9.17, 15) is 9.59 Å². The number of fused-ring (bicyclic) bond motifs is 2.